The molecule has 0 saturated heterocycles. The van der Waals surface area contributed by atoms with E-state index < -0.39 is 11.6 Å². The Morgan fingerprint density at radius 3 is 2.47 bits per heavy atom. The fourth-order valence-corrected chi connectivity index (χ4v) is 1.48. The SMILES string of the molecule is CCNC(CO)CCOc1cc(F)cc(F)c1. The van der Waals surface area contributed by atoms with Crippen molar-refractivity contribution >= 4 is 0 Å². The summed E-state index contributed by atoms with van der Waals surface area (Å²) in [6.07, 6.45) is 0.572. The van der Waals surface area contributed by atoms with Crippen LogP contribution >= 0.6 is 0 Å². The molecule has 2 N–H and O–H groups in total. The highest BCUT2D eigenvalue weighted by Gasteiger charge is 2.06. The molecule has 1 atom stereocenters. The Bertz CT molecular complexity index is 327. The van der Waals surface area contributed by atoms with Gasteiger partial charge in [-0.2, -0.15) is 0 Å². The number of benzene rings is 1. The van der Waals surface area contributed by atoms with Crippen molar-refractivity contribution in [1.29, 1.82) is 0 Å². The monoisotopic (exact) mass is 245 g/mol. The number of rotatable bonds is 7. The molecule has 1 aromatic rings. The lowest BCUT2D eigenvalue weighted by Gasteiger charge is -2.15. The molecule has 1 rings (SSSR count). The molecule has 0 spiro atoms. The van der Waals surface area contributed by atoms with Crippen molar-refractivity contribution in [3.8, 4) is 5.75 Å². The Hall–Kier alpha value is -1.20. The molecule has 0 fully saturated rings. The fraction of sp³-hybridized carbons (Fsp3) is 0.500. The zero-order valence-electron chi connectivity index (χ0n) is 9.75. The van der Waals surface area contributed by atoms with Crippen LogP contribution in [0.2, 0.25) is 0 Å². The van der Waals surface area contributed by atoms with Gasteiger partial charge >= 0.3 is 0 Å². The molecule has 3 nitrogen and oxygen atoms in total. The lowest BCUT2D eigenvalue weighted by Crippen LogP contribution is -2.33. The molecule has 5 heteroatoms. The lowest BCUT2D eigenvalue weighted by molar-refractivity contribution is 0.209. The third kappa shape index (κ3) is 5.10. The average molecular weight is 245 g/mol. The average Bonchev–Trinajstić information content (AvgIpc) is 2.26. The highest BCUT2D eigenvalue weighted by atomic mass is 19.1. The summed E-state index contributed by atoms with van der Waals surface area (Å²) in [6.45, 7) is 2.99. The van der Waals surface area contributed by atoms with Crippen molar-refractivity contribution in [3.63, 3.8) is 0 Å². The van der Waals surface area contributed by atoms with E-state index in [4.69, 9.17) is 9.84 Å². The van der Waals surface area contributed by atoms with Gasteiger partial charge in [-0.3, -0.25) is 0 Å². The summed E-state index contributed by atoms with van der Waals surface area (Å²) in [7, 11) is 0. The van der Waals surface area contributed by atoms with Gasteiger partial charge in [-0.05, 0) is 13.0 Å². The normalized spacial score (nSPS) is 12.5. The van der Waals surface area contributed by atoms with Crippen molar-refractivity contribution in [3.05, 3.63) is 29.8 Å². The van der Waals surface area contributed by atoms with E-state index in [1.54, 1.807) is 0 Å². The van der Waals surface area contributed by atoms with Crippen molar-refractivity contribution < 1.29 is 18.6 Å². The molecule has 0 aliphatic heterocycles. The molecule has 0 bridgehead atoms. The summed E-state index contributed by atoms with van der Waals surface area (Å²) in [5, 5.41) is 12.1. The number of ether oxygens (including phenoxy) is 1. The second-order valence-electron chi connectivity index (χ2n) is 3.68. The van der Waals surface area contributed by atoms with Crippen LogP contribution in [0.4, 0.5) is 8.78 Å². The predicted octanol–water partition coefficient (Wildman–Crippen LogP) is 1.70. The Morgan fingerprint density at radius 1 is 1.29 bits per heavy atom. The minimum Gasteiger partial charge on any atom is -0.493 e. The fourth-order valence-electron chi connectivity index (χ4n) is 1.48. The molecule has 96 valence electrons. The van der Waals surface area contributed by atoms with Crippen molar-refractivity contribution in [2.45, 2.75) is 19.4 Å². The summed E-state index contributed by atoms with van der Waals surface area (Å²) < 4.78 is 30.9. The molecular formula is C12H17F2NO2. The molecular weight excluding hydrogens is 228 g/mol. The highest BCUT2D eigenvalue weighted by Crippen LogP contribution is 2.15. The van der Waals surface area contributed by atoms with Gasteiger partial charge in [0.25, 0.3) is 0 Å². The van der Waals surface area contributed by atoms with Gasteiger partial charge in [0.05, 0.1) is 13.2 Å². The first-order valence-electron chi connectivity index (χ1n) is 5.58. The molecule has 0 amide bonds. The van der Waals surface area contributed by atoms with E-state index in [0.717, 1.165) is 24.7 Å². The van der Waals surface area contributed by atoms with E-state index in [2.05, 4.69) is 5.32 Å². The van der Waals surface area contributed by atoms with Gasteiger partial charge in [0.1, 0.15) is 17.4 Å². The quantitative estimate of drug-likeness (QED) is 0.768. The van der Waals surface area contributed by atoms with E-state index in [1.807, 2.05) is 6.92 Å². The van der Waals surface area contributed by atoms with E-state index in [1.165, 1.54) is 0 Å². The molecule has 17 heavy (non-hydrogen) atoms. The van der Waals surface area contributed by atoms with Crippen LogP contribution in [0.25, 0.3) is 0 Å². The van der Waals surface area contributed by atoms with E-state index in [0.29, 0.717) is 13.0 Å². The smallest absolute Gasteiger partial charge is 0.129 e. The van der Waals surface area contributed by atoms with Crippen LogP contribution in [0, 0.1) is 11.6 Å². The Labute approximate surface area is 99.4 Å². The number of nitrogens with one attached hydrogen (secondary N) is 1. The number of halogens is 2. The molecule has 0 radical (unpaired) electrons. The van der Waals surface area contributed by atoms with Gasteiger partial charge in [-0.25, -0.2) is 8.78 Å². The van der Waals surface area contributed by atoms with E-state index in [-0.39, 0.29) is 18.4 Å². The molecule has 0 saturated carbocycles. The lowest BCUT2D eigenvalue weighted by atomic mass is 10.2. The standard InChI is InChI=1S/C12H17F2NO2/c1-2-15-11(8-16)3-4-17-12-6-9(13)5-10(14)7-12/h5-7,11,15-16H,2-4,8H2,1H3. The van der Waals surface area contributed by atoms with Crippen LogP contribution in [-0.4, -0.2) is 30.9 Å². The number of aliphatic hydroxyl groups excluding tert-OH is 1. The molecule has 0 aliphatic carbocycles. The van der Waals surface area contributed by atoms with Crippen molar-refractivity contribution in [1.82, 2.24) is 5.32 Å². The van der Waals surface area contributed by atoms with E-state index >= 15 is 0 Å². The van der Waals surface area contributed by atoms with E-state index in [9.17, 15) is 8.78 Å². The number of likely N-dealkylation sites (N-methyl/N-ethyl adjacent to an activating group) is 1. The molecule has 0 aliphatic rings. The topological polar surface area (TPSA) is 41.5 Å². The van der Waals surface area contributed by atoms with Crippen molar-refractivity contribution in [2.24, 2.45) is 0 Å². The van der Waals surface area contributed by atoms with Crippen LogP contribution in [0.5, 0.6) is 5.75 Å². The second-order valence-corrected chi connectivity index (χ2v) is 3.68. The molecule has 0 heterocycles. The van der Waals surface area contributed by atoms with Crippen LogP contribution in [-0.2, 0) is 0 Å². The Morgan fingerprint density at radius 2 is 1.94 bits per heavy atom. The minimum atomic E-state index is -0.662. The van der Waals surface area contributed by atoms with Gasteiger partial charge in [-0.1, -0.05) is 6.92 Å². The number of hydrogen-bond acceptors (Lipinski definition) is 3. The van der Waals surface area contributed by atoms with Crippen LogP contribution < -0.4 is 10.1 Å². The Kier molecular flexibility index (Phi) is 5.86. The van der Waals surface area contributed by atoms with Crippen LogP contribution in [0.3, 0.4) is 0 Å². The van der Waals surface area contributed by atoms with Crippen LogP contribution in [0.15, 0.2) is 18.2 Å². The first-order valence-corrected chi connectivity index (χ1v) is 5.58. The van der Waals surface area contributed by atoms with Gasteiger partial charge < -0.3 is 15.2 Å². The summed E-state index contributed by atoms with van der Waals surface area (Å²) in [5.74, 6) is -1.16. The third-order valence-electron chi connectivity index (χ3n) is 2.28. The summed E-state index contributed by atoms with van der Waals surface area (Å²) >= 11 is 0. The number of hydrogen-bond donors (Lipinski definition) is 2. The number of aliphatic hydroxyl groups is 1. The summed E-state index contributed by atoms with van der Waals surface area (Å²) in [6, 6.07) is 3.00. The summed E-state index contributed by atoms with van der Waals surface area (Å²) in [5.41, 5.74) is 0. The van der Waals surface area contributed by atoms with Crippen LogP contribution in [0.1, 0.15) is 13.3 Å². The largest absolute Gasteiger partial charge is 0.493 e. The Balaban J connectivity index is 2.39. The third-order valence-corrected chi connectivity index (χ3v) is 2.28. The van der Waals surface area contributed by atoms with Gasteiger partial charge in [0, 0.05) is 24.2 Å². The molecule has 1 unspecified atom stereocenters. The highest BCUT2D eigenvalue weighted by molar-refractivity contribution is 5.23. The summed E-state index contributed by atoms with van der Waals surface area (Å²) in [4.78, 5) is 0. The first-order chi connectivity index (χ1) is 8.15. The maximum Gasteiger partial charge on any atom is 0.129 e. The zero-order chi connectivity index (χ0) is 12.7. The van der Waals surface area contributed by atoms with Gasteiger partial charge in [0.15, 0.2) is 0 Å². The van der Waals surface area contributed by atoms with Crippen molar-refractivity contribution in [2.75, 3.05) is 19.8 Å². The molecule has 0 aromatic heterocycles. The molecule has 1 aromatic carbocycles. The first kappa shape index (κ1) is 13.9. The second kappa shape index (κ2) is 7.19. The maximum atomic E-state index is 12.8. The predicted molar refractivity (Wildman–Crippen MR) is 61.0 cm³/mol. The van der Waals surface area contributed by atoms with Gasteiger partial charge in [0.2, 0.25) is 0 Å². The van der Waals surface area contributed by atoms with Gasteiger partial charge in [-0.15, -0.1) is 0 Å². The minimum absolute atomic E-state index is 0.00864. The maximum absolute atomic E-state index is 12.8. The zero-order valence-corrected chi connectivity index (χ0v) is 9.75.